The van der Waals surface area contributed by atoms with Crippen LogP contribution in [0.1, 0.15) is 244 Å². The predicted molar refractivity (Wildman–Crippen MR) is 553 cm³/mol. The van der Waals surface area contributed by atoms with E-state index in [-0.39, 0.29) is 66.4 Å². The third-order valence-electron chi connectivity index (χ3n) is 24.9. The third kappa shape index (κ3) is 32.8. The Hall–Kier alpha value is -10.3. The van der Waals surface area contributed by atoms with Gasteiger partial charge in [-0.2, -0.15) is 0 Å². The Labute approximate surface area is 861 Å². The first-order chi connectivity index (χ1) is 67.1. The highest BCUT2D eigenvalue weighted by atomic mass is 28.4. The standard InChI is InChI=1S/C31H45NO8.C30H51NO7Si.C27H37NO8.C22H35NO7/c1-20-15-22(16-25(26-19-38-31(5,6)39-26)32(7)29(33)40-30(2,3)4)24(28(36-10)27(20)35-9)18-37-17-21-11-13-23(34-8)14-12-21;1-19-15-20(16-22(23-18-34-30(11,12)36-23)31(13)26(32)37-27(2,3)4)21-17-35-39(28(5,6)7,29(8,9)10)38-25(21)24(19)33-14;1-17-13-19(14-22(25(29)30)28(5)26(31)36-27(2,3)4)21(24(34-8)23(17)33-7)16-35-15-18-9-11-20(32-6)12-10-18;1-13-9-14(15(11-24)18(25)19(13)27-8)10-16(17-12-28-22(5,6)29-17)23(7)20(26)30-21(2,3)4/h11-15,25-26H,16-19H2,1-10H3;15,22-23H,16-18H2,1-14H3;9-13,22H,14-16H2,1-8H3,(H,29,30);9,16-17,24-25H,10-12H2,1-8H3/t25-,26?;22-,23?;22-;16-,17?/m0000/s1. The average Bonchev–Trinajstić information content (AvgIpc) is 0.896. The van der Waals surface area contributed by atoms with E-state index >= 15 is 0 Å². The van der Waals surface area contributed by atoms with Crippen molar-refractivity contribution in [1.29, 1.82) is 0 Å². The summed E-state index contributed by atoms with van der Waals surface area (Å²) in [6.07, 6.45) is -1.82. The summed E-state index contributed by atoms with van der Waals surface area (Å²) in [7, 11) is 16.5. The number of amides is 4. The molecule has 4 heterocycles. The molecule has 3 unspecified atom stereocenters. The molecule has 0 spiro atoms. The van der Waals surface area contributed by atoms with Gasteiger partial charge in [0, 0.05) is 66.9 Å². The molecule has 34 nitrogen and oxygen atoms in total. The van der Waals surface area contributed by atoms with Crippen LogP contribution in [0.15, 0.2) is 72.8 Å². The van der Waals surface area contributed by atoms with E-state index in [0.717, 1.165) is 83.5 Å². The number of fused-ring (bicyclic) bond motifs is 1. The normalized spacial score (nSPS) is 17.6. The number of aliphatic hydroxyl groups excluding tert-OH is 1. The molecule has 4 aliphatic heterocycles. The van der Waals surface area contributed by atoms with Gasteiger partial charge in [-0.15, -0.1) is 0 Å². The maximum absolute atomic E-state index is 13.2. The van der Waals surface area contributed by atoms with E-state index in [1.807, 2.05) is 171 Å². The summed E-state index contributed by atoms with van der Waals surface area (Å²) in [6.45, 7) is 56.0. The van der Waals surface area contributed by atoms with Crippen molar-refractivity contribution >= 4 is 38.9 Å². The van der Waals surface area contributed by atoms with Crippen LogP contribution in [0.4, 0.5) is 19.2 Å². The number of aromatic hydroxyl groups is 1. The highest BCUT2D eigenvalue weighted by molar-refractivity contribution is 6.74. The van der Waals surface area contributed by atoms with Crippen LogP contribution >= 0.6 is 0 Å². The van der Waals surface area contributed by atoms with Crippen LogP contribution in [0, 0.1) is 27.7 Å². The van der Waals surface area contributed by atoms with Crippen LogP contribution in [0.2, 0.25) is 10.1 Å². The molecule has 0 aliphatic carbocycles. The summed E-state index contributed by atoms with van der Waals surface area (Å²) in [4.78, 5) is 69.8. The molecule has 145 heavy (non-hydrogen) atoms. The summed E-state index contributed by atoms with van der Waals surface area (Å²) in [5, 5.41) is 30.1. The number of carbonyl (C=O) groups excluding carboxylic acids is 4. The van der Waals surface area contributed by atoms with Gasteiger partial charge in [0.25, 0.3) is 0 Å². The Bertz CT molecular complexity index is 5300. The molecule has 3 fully saturated rings. The molecular formula is C110H168N4O30Si. The molecule has 0 saturated carbocycles. The van der Waals surface area contributed by atoms with E-state index in [2.05, 4.69) is 53.7 Å². The number of methoxy groups -OCH3 is 8. The molecule has 6 aromatic carbocycles. The zero-order valence-corrected chi connectivity index (χ0v) is 94.8. The van der Waals surface area contributed by atoms with Crippen LogP contribution in [0.5, 0.6) is 57.5 Å². The Morgan fingerprint density at radius 3 is 0.986 bits per heavy atom. The molecule has 0 bridgehead atoms. The number of rotatable bonds is 33. The summed E-state index contributed by atoms with van der Waals surface area (Å²) in [5.41, 5.74) is 8.85. The Morgan fingerprint density at radius 1 is 0.400 bits per heavy atom. The summed E-state index contributed by atoms with van der Waals surface area (Å²) < 4.78 is 129. The highest BCUT2D eigenvalue weighted by Gasteiger charge is 2.62. The minimum absolute atomic E-state index is 0.0213. The quantitative estimate of drug-likeness (QED) is 0.0254. The van der Waals surface area contributed by atoms with E-state index in [4.69, 9.17) is 104 Å². The monoisotopic (exact) mass is 2050 g/mol. The number of phenols is 1. The smallest absolute Gasteiger partial charge is 0.410 e. The number of ether oxygens (including phenoxy) is 20. The van der Waals surface area contributed by atoms with Crippen molar-refractivity contribution in [3.8, 4) is 57.5 Å². The van der Waals surface area contributed by atoms with Gasteiger partial charge in [-0.25, -0.2) is 24.0 Å². The number of hydrogen-bond donors (Lipinski definition) is 3. The second-order valence-corrected chi connectivity index (χ2v) is 49.1. The number of carboxylic acids is 1. The lowest BCUT2D eigenvalue weighted by Crippen LogP contribution is -2.61. The van der Waals surface area contributed by atoms with Crippen LogP contribution in [-0.4, -0.2) is 261 Å². The third-order valence-corrected chi connectivity index (χ3v) is 29.9. The Morgan fingerprint density at radius 2 is 0.697 bits per heavy atom. The van der Waals surface area contributed by atoms with Crippen molar-refractivity contribution in [2.45, 2.75) is 352 Å². The van der Waals surface area contributed by atoms with Gasteiger partial charge in [0.1, 0.15) is 58.3 Å². The van der Waals surface area contributed by atoms with Crippen molar-refractivity contribution < 1.29 is 143 Å². The Kier molecular flexibility index (Phi) is 42.0. The number of hydrogen-bond acceptors (Lipinski definition) is 29. The molecule has 10 rings (SSSR count). The lowest BCUT2D eigenvalue weighted by atomic mass is 9.93. The molecule has 812 valence electrons. The second-order valence-electron chi connectivity index (χ2n) is 44.4. The highest BCUT2D eigenvalue weighted by Crippen LogP contribution is 2.58. The molecule has 7 atom stereocenters. The molecule has 3 N–H and O–H groups in total. The van der Waals surface area contributed by atoms with Gasteiger partial charge in [-0.3, -0.25) is 4.90 Å². The number of nitrogens with zero attached hydrogens (tertiary/aromatic N) is 4. The van der Waals surface area contributed by atoms with Gasteiger partial charge in [0.2, 0.25) is 0 Å². The number of carboxylic acid groups (broad SMARTS) is 1. The topological polar surface area (TPSA) is 362 Å². The molecule has 0 aromatic heterocycles. The molecule has 4 amide bonds. The zero-order valence-electron chi connectivity index (χ0n) is 93.8. The first kappa shape index (κ1) is 122. The van der Waals surface area contributed by atoms with Crippen molar-refractivity contribution in [2.24, 2.45) is 0 Å². The van der Waals surface area contributed by atoms with Crippen LogP contribution in [0.25, 0.3) is 0 Å². The van der Waals surface area contributed by atoms with E-state index in [9.17, 15) is 39.3 Å². The molecule has 4 aliphatic rings. The van der Waals surface area contributed by atoms with Gasteiger partial charge in [0.05, 0.1) is 134 Å². The SMILES string of the molecule is COc1c(C)cc(C[C@@H](C2COC(C)(C)O2)N(C)C(=O)OC(C)(C)C)c(CO)c1O.COc1c(C)cc(C[C@@H](C2COC(C)(C)O2)N(C)C(=O)OC(C)(C)C)c2c1O[Si](C(C)(C)C)(C(C)(C)C)OC2.COc1ccc(COCc2c(C[C@@H](C(=O)O)N(C)C(=O)OC(C)(C)C)cc(C)c(OC)c2OC)cc1.COc1ccc(COCc2c(C[C@@H](C3COC(C)(C)O3)N(C)C(=O)OC(C)(C)C)cc(C)c(OC)c2OC)cc1. The summed E-state index contributed by atoms with van der Waals surface area (Å²) in [5.74, 6) is 2.11. The molecule has 6 aromatic rings. The van der Waals surface area contributed by atoms with Crippen LogP contribution in [0.3, 0.4) is 0 Å². The minimum atomic E-state index is -2.79. The molecule has 3 saturated heterocycles. The second kappa shape index (κ2) is 50.1. The van der Waals surface area contributed by atoms with Crippen molar-refractivity contribution in [3.63, 3.8) is 0 Å². The number of benzene rings is 6. The van der Waals surface area contributed by atoms with Gasteiger partial charge in [-0.05, 0) is 251 Å². The first-order valence-electron chi connectivity index (χ1n) is 49.0. The fourth-order valence-corrected chi connectivity index (χ4v) is 22.7. The largest absolute Gasteiger partial charge is 0.516 e. The number of aliphatic carboxylic acids is 1. The van der Waals surface area contributed by atoms with Gasteiger partial charge < -0.3 is 134 Å². The number of carbonyl (C=O) groups is 5. The molecular weight excluding hydrogens is 1890 g/mol. The van der Waals surface area contributed by atoms with Crippen LogP contribution in [-0.2, 0) is 131 Å². The fraction of sp³-hybridized carbons (Fsp3) is 0.627. The first-order valence-corrected chi connectivity index (χ1v) is 50.8. The Balaban J connectivity index is 0.000000263. The van der Waals surface area contributed by atoms with E-state index < -0.39 is 96.9 Å². The number of aliphatic hydroxyl groups is 1. The van der Waals surface area contributed by atoms with Crippen molar-refractivity contribution in [3.05, 3.63) is 151 Å². The van der Waals surface area contributed by atoms with Gasteiger partial charge in [0.15, 0.2) is 63.4 Å². The maximum atomic E-state index is 13.2. The molecule has 35 heteroatoms. The summed E-state index contributed by atoms with van der Waals surface area (Å²) in [6, 6.07) is 20.8. The van der Waals surface area contributed by atoms with E-state index in [1.54, 1.807) is 115 Å². The van der Waals surface area contributed by atoms with Crippen LogP contribution < -0.4 is 42.3 Å². The summed E-state index contributed by atoms with van der Waals surface area (Å²) >= 11 is 0. The fourth-order valence-electron chi connectivity index (χ4n) is 18.1. The predicted octanol–water partition coefficient (Wildman–Crippen LogP) is 20.3. The maximum Gasteiger partial charge on any atom is 0.410 e. The molecule has 0 radical (unpaired) electrons. The van der Waals surface area contributed by atoms with Crippen molar-refractivity contribution in [2.75, 3.05) is 105 Å². The van der Waals surface area contributed by atoms with Gasteiger partial charge >= 0.3 is 38.9 Å². The van der Waals surface area contributed by atoms with Crippen molar-refractivity contribution in [1.82, 2.24) is 19.6 Å². The zero-order chi connectivity index (χ0) is 109. The number of aryl methyl sites for hydroxylation is 4. The van der Waals surface area contributed by atoms with Gasteiger partial charge in [-0.1, -0.05) is 90.1 Å². The van der Waals surface area contributed by atoms with E-state index in [1.165, 1.54) is 26.2 Å². The minimum Gasteiger partial charge on any atom is -0.516 e. The number of likely N-dealkylation sites (N-methyl/N-ethyl adjacent to an activating group) is 4. The lowest BCUT2D eigenvalue weighted by molar-refractivity contribution is -0.145. The van der Waals surface area contributed by atoms with E-state index in [0.29, 0.717) is 110 Å². The lowest BCUT2D eigenvalue weighted by Gasteiger charge is -2.51. The average molecular weight is 2050 g/mol.